The zero-order valence-corrected chi connectivity index (χ0v) is 12.8. The van der Waals surface area contributed by atoms with E-state index in [0.29, 0.717) is 18.0 Å². The van der Waals surface area contributed by atoms with Crippen molar-refractivity contribution in [2.24, 2.45) is 11.8 Å². The van der Waals surface area contributed by atoms with Crippen molar-refractivity contribution in [1.82, 2.24) is 9.80 Å². The Bertz CT molecular complexity index is 373. The molecule has 5 unspecified atom stereocenters. The molecule has 4 heteroatoms. The van der Waals surface area contributed by atoms with Gasteiger partial charge in [0, 0.05) is 31.2 Å². The van der Waals surface area contributed by atoms with E-state index >= 15 is 0 Å². The van der Waals surface area contributed by atoms with Crippen LogP contribution >= 0.6 is 0 Å². The van der Waals surface area contributed by atoms with Gasteiger partial charge in [0.1, 0.15) is 0 Å². The molecule has 3 aliphatic rings. The molecule has 114 valence electrons. The second-order valence-electron chi connectivity index (χ2n) is 7.27. The summed E-state index contributed by atoms with van der Waals surface area (Å²) in [5, 5.41) is 9.56. The first-order valence-corrected chi connectivity index (χ1v) is 8.29. The lowest BCUT2D eigenvalue weighted by Crippen LogP contribution is -2.61. The standard InChI is InChI=1S/C16H28N2O2/c1-11-5-6-14(16(19)20)15(8-11)18-10-13-4-3-7-17(13)9-12(18)2/h11-15H,3-10H2,1-2H3,(H,19,20). The fraction of sp³-hybridized carbons (Fsp3) is 0.938. The summed E-state index contributed by atoms with van der Waals surface area (Å²) in [6.45, 7) is 8.02. The van der Waals surface area contributed by atoms with Crippen LogP contribution in [0, 0.1) is 11.8 Å². The van der Waals surface area contributed by atoms with Crippen molar-refractivity contribution in [2.45, 2.75) is 64.1 Å². The summed E-state index contributed by atoms with van der Waals surface area (Å²) in [5.74, 6) is -0.0611. The zero-order chi connectivity index (χ0) is 14.3. The van der Waals surface area contributed by atoms with Gasteiger partial charge < -0.3 is 5.11 Å². The second kappa shape index (κ2) is 5.64. The van der Waals surface area contributed by atoms with E-state index in [2.05, 4.69) is 23.6 Å². The Labute approximate surface area is 122 Å². The number of aliphatic carboxylic acids is 1. The highest BCUT2D eigenvalue weighted by Gasteiger charge is 2.43. The van der Waals surface area contributed by atoms with Gasteiger partial charge in [0.2, 0.25) is 0 Å². The SMILES string of the molecule is CC1CCC(C(=O)O)C(N2CC3CCCN3CC2C)C1. The molecule has 20 heavy (non-hydrogen) atoms. The molecule has 0 aromatic carbocycles. The minimum absolute atomic E-state index is 0.151. The van der Waals surface area contributed by atoms with Crippen LogP contribution in [0.25, 0.3) is 0 Å². The predicted molar refractivity (Wildman–Crippen MR) is 78.7 cm³/mol. The summed E-state index contributed by atoms with van der Waals surface area (Å²) in [6.07, 6.45) is 5.61. The highest BCUT2D eigenvalue weighted by Crippen LogP contribution is 2.36. The lowest BCUT2D eigenvalue weighted by atomic mass is 9.77. The molecule has 0 amide bonds. The van der Waals surface area contributed by atoms with Crippen LogP contribution in [0.1, 0.15) is 46.0 Å². The van der Waals surface area contributed by atoms with Gasteiger partial charge in [-0.1, -0.05) is 6.92 Å². The maximum absolute atomic E-state index is 11.6. The van der Waals surface area contributed by atoms with Crippen LogP contribution in [-0.2, 0) is 4.79 Å². The number of carbonyl (C=O) groups is 1. The summed E-state index contributed by atoms with van der Waals surface area (Å²) in [7, 11) is 0. The first-order chi connectivity index (χ1) is 9.56. The summed E-state index contributed by atoms with van der Waals surface area (Å²) in [4.78, 5) is 16.8. The quantitative estimate of drug-likeness (QED) is 0.841. The van der Waals surface area contributed by atoms with Crippen molar-refractivity contribution in [3.8, 4) is 0 Å². The van der Waals surface area contributed by atoms with Gasteiger partial charge in [0.05, 0.1) is 5.92 Å². The van der Waals surface area contributed by atoms with Gasteiger partial charge in [0.15, 0.2) is 0 Å². The lowest BCUT2D eigenvalue weighted by molar-refractivity contribution is -0.147. The molecule has 1 aliphatic carbocycles. The van der Waals surface area contributed by atoms with Gasteiger partial charge >= 0.3 is 5.97 Å². The number of piperazine rings is 1. The number of carboxylic acids is 1. The van der Waals surface area contributed by atoms with Crippen molar-refractivity contribution >= 4 is 5.97 Å². The van der Waals surface area contributed by atoms with Crippen LogP contribution in [-0.4, -0.2) is 58.6 Å². The van der Waals surface area contributed by atoms with E-state index in [-0.39, 0.29) is 12.0 Å². The molecule has 1 N–H and O–H groups in total. The molecule has 4 nitrogen and oxygen atoms in total. The molecule has 0 aromatic rings. The van der Waals surface area contributed by atoms with Gasteiger partial charge in [-0.3, -0.25) is 14.6 Å². The topological polar surface area (TPSA) is 43.8 Å². The molecule has 3 rings (SSSR count). The Kier molecular flexibility index (Phi) is 4.04. The largest absolute Gasteiger partial charge is 0.481 e. The van der Waals surface area contributed by atoms with Crippen molar-refractivity contribution < 1.29 is 9.90 Å². The number of hydrogen-bond acceptors (Lipinski definition) is 3. The number of fused-ring (bicyclic) bond motifs is 1. The lowest BCUT2D eigenvalue weighted by Gasteiger charge is -2.49. The van der Waals surface area contributed by atoms with Crippen LogP contribution in [0.5, 0.6) is 0 Å². The third-order valence-electron chi connectivity index (χ3n) is 5.81. The number of carboxylic acid groups (broad SMARTS) is 1. The van der Waals surface area contributed by atoms with E-state index in [0.717, 1.165) is 32.4 Å². The van der Waals surface area contributed by atoms with E-state index in [1.165, 1.54) is 19.4 Å². The Morgan fingerprint density at radius 2 is 1.95 bits per heavy atom. The molecular formula is C16H28N2O2. The Balaban J connectivity index is 1.76. The summed E-state index contributed by atoms with van der Waals surface area (Å²) >= 11 is 0. The van der Waals surface area contributed by atoms with E-state index in [1.807, 2.05) is 0 Å². The number of rotatable bonds is 2. The van der Waals surface area contributed by atoms with Gasteiger partial charge in [-0.15, -0.1) is 0 Å². The van der Waals surface area contributed by atoms with E-state index < -0.39 is 5.97 Å². The van der Waals surface area contributed by atoms with Crippen molar-refractivity contribution in [3.63, 3.8) is 0 Å². The van der Waals surface area contributed by atoms with E-state index in [4.69, 9.17) is 0 Å². The molecule has 0 aromatic heterocycles. The maximum Gasteiger partial charge on any atom is 0.308 e. The van der Waals surface area contributed by atoms with Crippen molar-refractivity contribution in [2.75, 3.05) is 19.6 Å². The van der Waals surface area contributed by atoms with Gasteiger partial charge in [-0.05, 0) is 51.5 Å². The van der Waals surface area contributed by atoms with E-state index in [1.54, 1.807) is 0 Å². The monoisotopic (exact) mass is 280 g/mol. The number of hydrogen-bond donors (Lipinski definition) is 1. The molecule has 5 atom stereocenters. The van der Waals surface area contributed by atoms with Crippen LogP contribution < -0.4 is 0 Å². The average molecular weight is 280 g/mol. The minimum Gasteiger partial charge on any atom is -0.481 e. The molecule has 0 radical (unpaired) electrons. The average Bonchev–Trinajstić information content (AvgIpc) is 2.84. The first-order valence-electron chi connectivity index (χ1n) is 8.29. The van der Waals surface area contributed by atoms with Crippen molar-refractivity contribution in [3.05, 3.63) is 0 Å². The molecule has 2 aliphatic heterocycles. The second-order valence-corrected chi connectivity index (χ2v) is 7.27. The van der Waals surface area contributed by atoms with E-state index in [9.17, 15) is 9.90 Å². The molecular weight excluding hydrogens is 252 g/mol. The summed E-state index contributed by atoms with van der Waals surface area (Å²) in [5.41, 5.74) is 0. The van der Waals surface area contributed by atoms with Crippen LogP contribution in [0.2, 0.25) is 0 Å². The fourth-order valence-corrected chi connectivity index (χ4v) is 4.68. The Morgan fingerprint density at radius 3 is 2.70 bits per heavy atom. The Morgan fingerprint density at radius 1 is 1.15 bits per heavy atom. The fourth-order valence-electron chi connectivity index (χ4n) is 4.68. The maximum atomic E-state index is 11.6. The molecule has 0 bridgehead atoms. The Hall–Kier alpha value is -0.610. The van der Waals surface area contributed by atoms with Crippen LogP contribution in [0.3, 0.4) is 0 Å². The third kappa shape index (κ3) is 2.60. The molecule has 2 heterocycles. The summed E-state index contributed by atoms with van der Waals surface area (Å²) in [6, 6.07) is 1.44. The first kappa shape index (κ1) is 14.3. The van der Waals surface area contributed by atoms with Crippen LogP contribution in [0.15, 0.2) is 0 Å². The molecule has 2 saturated heterocycles. The molecule has 1 saturated carbocycles. The number of nitrogens with zero attached hydrogens (tertiary/aromatic N) is 2. The molecule has 0 spiro atoms. The zero-order valence-electron chi connectivity index (χ0n) is 12.8. The van der Waals surface area contributed by atoms with Gasteiger partial charge in [-0.2, -0.15) is 0 Å². The predicted octanol–water partition coefficient (Wildman–Crippen LogP) is 2.04. The van der Waals surface area contributed by atoms with Crippen molar-refractivity contribution in [1.29, 1.82) is 0 Å². The normalized spacial score (nSPS) is 43.4. The minimum atomic E-state index is -0.581. The summed E-state index contributed by atoms with van der Waals surface area (Å²) < 4.78 is 0. The molecule has 3 fully saturated rings. The highest BCUT2D eigenvalue weighted by atomic mass is 16.4. The van der Waals surface area contributed by atoms with Gasteiger partial charge in [0.25, 0.3) is 0 Å². The van der Waals surface area contributed by atoms with Gasteiger partial charge in [-0.25, -0.2) is 0 Å². The van der Waals surface area contributed by atoms with Crippen LogP contribution in [0.4, 0.5) is 0 Å². The third-order valence-corrected chi connectivity index (χ3v) is 5.81. The highest BCUT2D eigenvalue weighted by molar-refractivity contribution is 5.71. The smallest absolute Gasteiger partial charge is 0.308 e.